The fourth-order valence-electron chi connectivity index (χ4n) is 3.80. The maximum absolute atomic E-state index is 12.8. The molecular formula is C22H22N6OS2. The smallest absolute Gasteiger partial charge is 0.269 e. The maximum atomic E-state index is 12.8. The minimum absolute atomic E-state index is 0.261. The molecule has 1 aromatic carbocycles. The van der Waals surface area contributed by atoms with Crippen molar-refractivity contribution in [2.75, 3.05) is 17.6 Å². The Hall–Kier alpha value is -2.88. The van der Waals surface area contributed by atoms with Gasteiger partial charge in [-0.05, 0) is 23.6 Å². The number of hydrogen-bond donors (Lipinski definition) is 2. The molecule has 0 fully saturated rings. The van der Waals surface area contributed by atoms with Crippen LogP contribution in [0.3, 0.4) is 0 Å². The number of fused-ring (bicyclic) bond motifs is 2. The minimum atomic E-state index is -0.261. The fourth-order valence-corrected chi connectivity index (χ4v) is 5.47. The van der Waals surface area contributed by atoms with Crippen molar-refractivity contribution in [3.8, 4) is 0 Å². The lowest BCUT2D eigenvalue weighted by molar-refractivity contribution is 0.103. The van der Waals surface area contributed by atoms with Crippen LogP contribution in [0.25, 0.3) is 10.2 Å². The van der Waals surface area contributed by atoms with Crippen LogP contribution in [0.1, 0.15) is 38.4 Å². The molecule has 0 spiro atoms. The van der Waals surface area contributed by atoms with E-state index in [0.717, 1.165) is 53.4 Å². The molecule has 1 aliphatic heterocycles. The van der Waals surface area contributed by atoms with E-state index in [1.54, 1.807) is 0 Å². The first-order valence-corrected chi connectivity index (χ1v) is 11.8. The highest BCUT2D eigenvalue weighted by Crippen LogP contribution is 2.35. The molecule has 0 atom stereocenters. The van der Waals surface area contributed by atoms with Gasteiger partial charge in [-0.15, -0.1) is 21.5 Å². The normalized spacial score (nSPS) is 14.0. The van der Waals surface area contributed by atoms with E-state index in [1.165, 1.54) is 33.8 Å². The number of thiophene rings is 1. The Kier molecular flexibility index (Phi) is 5.39. The van der Waals surface area contributed by atoms with Crippen molar-refractivity contribution in [2.45, 2.75) is 32.9 Å². The third-order valence-electron chi connectivity index (χ3n) is 5.39. The summed E-state index contributed by atoms with van der Waals surface area (Å²) >= 11 is 2.71. The first-order chi connectivity index (χ1) is 15.1. The highest BCUT2D eigenvalue weighted by molar-refractivity contribution is 7.21. The Morgan fingerprint density at radius 1 is 1.23 bits per heavy atom. The van der Waals surface area contributed by atoms with Crippen LogP contribution in [0.4, 0.5) is 10.8 Å². The fraction of sp³-hybridized carbons (Fsp3) is 0.273. The summed E-state index contributed by atoms with van der Waals surface area (Å²) in [7, 11) is 0. The van der Waals surface area contributed by atoms with Gasteiger partial charge in [-0.3, -0.25) is 15.0 Å². The molecule has 3 N–H and O–H groups in total. The summed E-state index contributed by atoms with van der Waals surface area (Å²) in [6.45, 7) is 4.71. The van der Waals surface area contributed by atoms with E-state index in [2.05, 4.69) is 50.7 Å². The second-order valence-corrected chi connectivity index (χ2v) is 9.61. The number of aromatic nitrogens is 3. The van der Waals surface area contributed by atoms with Crippen molar-refractivity contribution in [3.05, 3.63) is 63.1 Å². The van der Waals surface area contributed by atoms with E-state index in [0.29, 0.717) is 15.7 Å². The monoisotopic (exact) mass is 450 g/mol. The number of anilines is 2. The molecule has 9 heteroatoms. The number of nitrogens with zero attached hydrogens (tertiary/aromatic N) is 4. The van der Waals surface area contributed by atoms with Crippen molar-refractivity contribution in [1.29, 1.82) is 0 Å². The van der Waals surface area contributed by atoms with Gasteiger partial charge in [0, 0.05) is 37.1 Å². The Labute approximate surface area is 187 Å². The molecule has 3 aromatic heterocycles. The standard InChI is InChI=1S/C22H22N6OS2/c1-2-17-26-27-22(30-17)25-20(29)19-18(23)15-10-14-12-28(11-13-6-4-3-5-7-13)9-8-16(14)24-21(15)31-19/h3-7,10H,2,8-9,11-12,23H2,1H3,(H,25,27,29). The van der Waals surface area contributed by atoms with Gasteiger partial charge in [0.1, 0.15) is 14.7 Å². The molecule has 0 aliphatic carbocycles. The molecular weight excluding hydrogens is 428 g/mol. The van der Waals surface area contributed by atoms with Crippen LogP contribution in [0, 0.1) is 0 Å². The van der Waals surface area contributed by atoms with Gasteiger partial charge in [0.25, 0.3) is 5.91 Å². The number of aryl methyl sites for hydroxylation is 1. The lowest BCUT2D eigenvalue weighted by Crippen LogP contribution is -2.30. The highest BCUT2D eigenvalue weighted by atomic mass is 32.1. The molecule has 4 aromatic rings. The van der Waals surface area contributed by atoms with Crippen molar-refractivity contribution in [2.24, 2.45) is 0 Å². The van der Waals surface area contributed by atoms with Crippen LogP contribution in [-0.2, 0) is 25.9 Å². The summed E-state index contributed by atoms with van der Waals surface area (Å²) in [5, 5.41) is 13.1. The highest BCUT2D eigenvalue weighted by Gasteiger charge is 2.23. The SMILES string of the molecule is CCc1nnc(NC(=O)c2sc3nc4c(cc3c2N)CN(Cc2ccccc2)CC4)s1. The molecule has 4 heterocycles. The molecule has 1 amide bonds. The van der Waals surface area contributed by atoms with E-state index in [1.807, 2.05) is 13.0 Å². The van der Waals surface area contributed by atoms with Crippen LogP contribution < -0.4 is 11.1 Å². The van der Waals surface area contributed by atoms with Crippen molar-refractivity contribution >= 4 is 49.6 Å². The van der Waals surface area contributed by atoms with Crippen LogP contribution >= 0.6 is 22.7 Å². The molecule has 5 rings (SSSR count). The molecule has 0 saturated carbocycles. The third-order valence-corrected chi connectivity index (χ3v) is 7.49. The number of hydrogen-bond acceptors (Lipinski definition) is 8. The Bertz CT molecular complexity index is 1250. The Balaban J connectivity index is 1.39. The van der Waals surface area contributed by atoms with Crippen LogP contribution in [0.2, 0.25) is 0 Å². The number of carbonyl (C=O) groups excluding carboxylic acids is 1. The van der Waals surface area contributed by atoms with Crippen LogP contribution in [0.15, 0.2) is 36.4 Å². The third kappa shape index (κ3) is 4.04. The maximum Gasteiger partial charge on any atom is 0.269 e. The molecule has 31 heavy (non-hydrogen) atoms. The van der Waals surface area contributed by atoms with E-state index >= 15 is 0 Å². The summed E-state index contributed by atoms with van der Waals surface area (Å²) in [6, 6.07) is 12.6. The predicted molar refractivity (Wildman–Crippen MR) is 126 cm³/mol. The molecule has 7 nitrogen and oxygen atoms in total. The molecule has 0 saturated heterocycles. The van der Waals surface area contributed by atoms with E-state index in [9.17, 15) is 4.79 Å². The molecule has 0 bridgehead atoms. The largest absolute Gasteiger partial charge is 0.397 e. The lowest BCUT2D eigenvalue weighted by atomic mass is 10.0. The quantitative estimate of drug-likeness (QED) is 0.475. The van der Waals surface area contributed by atoms with Gasteiger partial charge in [-0.2, -0.15) is 0 Å². The summed E-state index contributed by atoms with van der Waals surface area (Å²) in [5.74, 6) is -0.261. The number of carbonyl (C=O) groups is 1. The lowest BCUT2D eigenvalue weighted by Gasteiger charge is -2.28. The van der Waals surface area contributed by atoms with Crippen LogP contribution in [-0.4, -0.2) is 32.5 Å². The summed E-state index contributed by atoms with van der Waals surface area (Å²) in [4.78, 5) is 21.4. The number of rotatable bonds is 5. The van der Waals surface area contributed by atoms with Crippen molar-refractivity contribution < 1.29 is 4.79 Å². The van der Waals surface area contributed by atoms with Gasteiger partial charge >= 0.3 is 0 Å². The number of nitrogen functional groups attached to an aromatic ring is 1. The molecule has 0 radical (unpaired) electrons. The van der Waals surface area contributed by atoms with Gasteiger partial charge < -0.3 is 5.73 Å². The molecule has 0 unspecified atom stereocenters. The summed E-state index contributed by atoms with van der Waals surface area (Å²) in [6.07, 6.45) is 1.68. The second kappa shape index (κ2) is 8.33. The molecule has 1 aliphatic rings. The van der Waals surface area contributed by atoms with Crippen molar-refractivity contribution in [3.63, 3.8) is 0 Å². The first-order valence-electron chi connectivity index (χ1n) is 10.2. The van der Waals surface area contributed by atoms with Crippen LogP contribution in [0.5, 0.6) is 0 Å². The predicted octanol–water partition coefficient (Wildman–Crippen LogP) is 4.10. The van der Waals surface area contributed by atoms with E-state index in [4.69, 9.17) is 10.7 Å². The zero-order chi connectivity index (χ0) is 21.4. The van der Waals surface area contributed by atoms with Gasteiger partial charge in [0.15, 0.2) is 0 Å². The van der Waals surface area contributed by atoms with E-state index in [-0.39, 0.29) is 5.91 Å². The van der Waals surface area contributed by atoms with Gasteiger partial charge in [-0.1, -0.05) is 48.6 Å². The van der Waals surface area contributed by atoms with Gasteiger partial charge in [-0.25, -0.2) is 4.98 Å². The average Bonchev–Trinajstić information content (AvgIpc) is 3.37. The second-order valence-electron chi connectivity index (χ2n) is 7.55. The zero-order valence-corrected chi connectivity index (χ0v) is 18.7. The van der Waals surface area contributed by atoms with Crippen molar-refractivity contribution in [1.82, 2.24) is 20.1 Å². The Morgan fingerprint density at radius 2 is 2.06 bits per heavy atom. The number of benzene rings is 1. The Morgan fingerprint density at radius 3 is 2.84 bits per heavy atom. The zero-order valence-electron chi connectivity index (χ0n) is 17.1. The minimum Gasteiger partial charge on any atom is -0.397 e. The van der Waals surface area contributed by atoms with Gasteiger partial charge in [0.05, 0.1) is 5.69 Å². The summed E-state index contributed by atoms with van der Waals surface area (Å²) in [5.41, 5.74) is 10.4. The number of nitrogens with two attached hydrogens (primary N) is 1. The first kappa shape index (κ1) is 20.0. The number of nitrogens with one attached hydrogen (secondary N) is 1. The number of amides is 1. The average molecular weight is 451 g/mol. The molecule has 158 valence electrons. The van der Waals surface area contributed by atoms with Gasteiger partial charge in [0.2, 0.25) is 5.13 Å². The topological polar surface area (TPSA) is 97.0 Å². The van der Waals surface area contributed by atoms with E-state index < -0.39 is 0 Å². The number of pyridine rings is 1. The summed E-state index contributed by atoms with van der Waals surface area (Å²) < 4.78 is 0.